The molecule has 7 heteroatoms. The number of benzene rings is 1. The van der Waals surface area contributed by atoms with Crippen molar-refractivity contribution in [1.29, 1.82) is 10.5 Å². The van der Waals surface area contributed by atoms with Gasteiger partial charge in [0.05, 0.1) is 23.4 Å². The summed E-state index contributed by atoms with van der Waals surface area (Å²) in [4.78, 5) is 0. The third-order valence-electron chi connectivity index (χ3n) is 2.69. The zero-order valence-electron chi connectivity index (χ0n) is 10.5. The standard InChI is InChI=1S/C14H8F3N3O/c15-14(16,17)10-1-4-13(9(5-10)6-18)20-8-12-3-2-11(7-19)21-12/h1-5,20H,8H2. The summed E-state index contributed by atoms with van der Waals surface area (Å²) < 4.78 is 42.8. The average molecular weight is 291 g/mol. The normalized spacial score (nSPS) is 10.7. The minimum absolute atomic E-state index is 0.114. The van der Waals surface area contributed by atoms with E-state index in [-0.39, 0.29) is 23.6 Å². The van der Waals surface area contributed by atoms with Crippen molar-refractivity contribution in [3.63, 3.8) is 0 Å². The van der Waals surface area contributed by atoms with Crippen LogP contribution in [0.15, 0.2) is 34.7 Å². The highest BCUT2D eigenvalue weighted by Crippen LogP contribution is 2.31. The molecule has 0 unspecified atom stereocenters. The van der Waals surface area contributed by atoms with Crippen LogP contribution in [0.4, 0.5) is 18.9 Å². The number of nitrogens with one attached hydrogen (secondary N) is 1. The van der Waals surface area contributed by atoms with Gasteiger partial charge in [0.15, 0.2) is 0 Å². The molecular weight excluding hydrogens is 283 g/mol. The van der Waals surface area contributed by atoms with Gasteiger partial charge in [-0.2, -0.15) is 23.7 Å². The number of anilines is 1. The number of alkyl halides is 3. The maximum absolute atomic E-state index is 12.6. The minimum atomic E-state index is -4.49. The van der Waals surface area contributed by atoms with E-state index in [1.807, 2.05) is 6.07 Å². The Morgan fingerprint density at radius 1 is 1.10 bits per heavy atom. The quantitative estimate of drug-likeness (QED) is 0.936. The van der Waals surface area contributed by atoms with Crippen molar-refractivity contribution >= 4 is 5.69 Å². The van der Waals surface area contributed by atoms with Crippen molar-refractivity contribution in [1.82, 2.24) is 0 Å². The lowest BCUT2D eigenvalue weighted by Crippen LogP contribution is -2.07. The van der Waals surface area contributed by atoms with Crippen LogP contribution in [0.2, 0.25) is 0 Å². The molecule has 0 fully saturated rings. The molecule has 21 heavy (non-hydrogen) atoms. The molecule has 1 N–H and O–H groups in total. The summed E-state index contributed by atoms with van der Waals surface area (Å²) in [5.41, 5.74) is -0.730. The smallest absolute Gasteiger partial charge is 0.416 e. The van der Waals surface area contributed by atoms with E-state index in [1.54, 1.807) is 12.1 Å². The molecule has 0 aliphatic carbocycles. The van der Waals surface area contributed by atoms with Crippen LogP contribution >= 0.6 is 0 Å². The topological polar surface area (TPSA) is 72.8 Å². The fourth-order valence-electron chi connectivity index (χ4n) is 1.68. The number of furan rings is 1. The van der Waals surface area contributed by atoms with Crippen LogP contribution in [0.5, 0.6) is 0 Å². The molecule has 2 aromatic rings. The van der Waals surface area contributed by atoms with Gasteiger partial charge in [0, 0.05) is 0 Å². The van der Waals surface area contributed by atoms with Crippen molar-refractivity contribution in [2.75, 3.05) is 5.32 Å². The Hall–Kier alpha value is -2.93. The summed E-state index contributed by atoms with van der Waals surface area (Å²) in [6.45, 7) is 0.154. The van der Waals surface area contributed by atoms with E-state index in [0.29, 0.717) is 5.76 Å². The van der Waals surface area contributed by atoms with Gasteiger partial charge in [-0.05, 0) is 30.3 Å². The number of hydrogen-bond acceptors (Lipinski definition) is 4. The van der Waals surface area contributed by atoms with Crippen LogP contribution in [0, 0.1) is 22.7 Å². The predicted octanol–water partition coefficient (Wildman–Crippen LogP) is 3.65. The Morgan fingerprint density at radius 3 is 2.43 bits per heavy atom. The molecule has 4 nitrogen and oxygen atoms in total. The molecule has 1 aromatic heterocycles. The molecule has 2 rings (SSSR count). The Labute approximate surface area is 118 Å². The monoisotopic (exact) mass is 291 g/mol. The maximum atomic E-state index is 12.6. The number of hydrogen-bond donors (Lipinski definition) is 1. The Balaban J connectivity index is 2.17. The highest BCUT2D eigenvalue weighted by atomic mass is 19.4. The van der Waals surface area contributed by atoms with Crippen molar-refractivity contribution < 1.29 is 17.6 Å². The maximum Gasteiger partial charge on any atom is 0.416 e. The predicted molar refractivity (Wildman–Crippen MR) is 66.9 cm³/mol. The summed E-state index contributed by atoms with van der Waals surface area (Å²) in [6, 6.07) is 9.46. The van der Waals surface area contributed by atoms with Gasteiger partial charge in [0.25, 0.3) is 0 Å². The second kappa shape index (κ2) is 5.59. The van der Waals surface area contributed by atoms with E-state index in [4.69, 9.17) is 14.9 Å². The molecule has 1 aromatic carbocycles. The molecule has 0 bridgehead atoms. The van der Waals surface area contributed by atoms with E-state index >= 15 is 0 Å². The molecule has 106 valence electrons. The van der Waals surface area contributed by atoms with Crippen LogP contribution in [0.25, 0.3) is 0 Å². The van der Waals surface area contributed by atoms with Gasteiger partial charge < -0.3 is 9.73 Å². The van der Waals surface area contributed by atoms with Crippen LogP contribution in [0.3, 0.4) is 0 Å². The van der Waals surface area contributed by atoms with E-state index in [9.17, 15) is 13.2 Å². The van der Waals surface area contributed by atoms with E-state index in [1.165, 1.54) is 12.1 Å². The van der Waals surface area contributed by atoms with Crippen LogP contribution in [-0.2, 0) is 12.7 Å². The van der Waals surface area contributed by atoms with Gasteiger partial charge in [-0.1, -0.05) is 0 Å². The Morgan fingerprint density at radius 2 is 1.86 bits per heavy atom. The largest absolute Gasteiger partial charge is 0.449 e. The Kier molecular flexibility index (Phi) is 3.86. The zero-order valence-corrected chi connectivity index (χ0v) is 10.5. The van der Waals surface area contributed by atoms with Crippen LogP contribution in [-0.4, -0.2) is 0 Å². The molecule has 0 aliphatic rings. The summed E-state index contributed by atoms with van der Waals surface area (Å²) >= 11 is 0. The number of nitriles is 2. The number of nitrogens with zero attached hydrogens (tertiary/aromatic N) is 2. The minimum Gasteiger partial charge on any atom is -0.449 e. The molecule has 1 heterocycles. The molecule has 0 saturated carbocycles. The SMILES string of the molecule is N#Cc1ccc(CNc2ccc(C(F)(F)F)cc2C#N)o1. The first-order chi connectivity index (χ1) is 9.94. The summed E-state index contributed by atoms with van der Waals surface area (Å²) in [5, 5.41) is 20.3. The lowest BCUT2D eigenvalue weighted by atomic mass is 10.1. The van der Waals surface area contributed by atoms with Gasteiger partial charge in [-0.15, -0.1) is 0 Å². The lowest BCUT2D eigenvalue weighted by Gasteiger charge is -2.10. The fraction of sp³-hybridized carbons (Fsp3) is 0.143. The van der Waals surface area contributed by atoms with Crippen molar-refractivity contribution in [3.8, 4) is 12.1 Å². The summed E-state index contributed by atoms with van der Waals surface area (Å²) in [6.07, 6.45) is -4.49. The molecule has 0 aliphatic heterocycles. The molecular formula is C14H8F3N3O. The fourth-order valence-corrected chi connectivity index (χ4v) is 1.68. The number of rotatable bonds is 3. The van der Waals surface area contributed by atoms with Crippen LogP contribution in [0.1, 0.15) is 22.6 Å². The third kappa shape index (κ3) is 3.34. The first-order valence-corrected chi connectivity index (χ1v) is 5.78. The zero-order chi connectivity index (χ0) is 15.5. The molecule has 0 atom stereocenters. The summed E-state index contributed by atoms with van der Waals surface area (Å²) in [7, 11) is 0. The summed E-state index contributed by atoms with van der Waals surface area (Å²) in [5.74, 6) is 0.579. The highest BCUT2D eigenvalue weighted by molar-refractivity contribution is 5.59. The Bertz CT molecular complexity index is 735. The van der Waals surface area contributed by atoms with E-state index in [0.717, 1.165) is 12.1 Å². The van der Waals surface area contributed by atoms with E-state index in [2.05, 4.69) is 5.32 Å². The lowest BCUT2D eigenvalue weighted by molar-refractivity contribution is -0.137. The molecule has 0 saturated heterocycles. The second-order valence-electron chi connectivity index (χ2n) is 4.10. The molecule has 0 spiro atoms. The van der Waals surface area contributed by atoms with Crippen molar-refractivity contribution in [2.24, 2.45) is 0 Å². The van der Waals surface area contributed by atoms with Crippen LogP contribution < -0.4 is 5.32 Å². The molecule has 0 amide bonds. The van der Waals surface area contributed by atoms with Crippen molar-refractivity contribution in [3.05, 3.63) is 53.0 Å². The van der Waals surface area contributed by atoms with E-state index < -0.39 is 11.7 Å². The second-order valence-corrected chi connectivity index (χ2v) is 4.10. The number of halogens is 3. The first-order valence-electron chi connectivity index (χ1n) is 5.78. The third-order valence-corrected chi connectivity index (χ3v) is 2.69. The van der Waals surface area contributed by atoms with Crippen molar-refractivity contribution in [2.45, 2.75) is 12.7 Å². The van der Waals surface area contributed by atoms with Gasteiger partial charge in [-0.3, -0.25) is 0 Å². The van der Waals surface area contributed by atoms with Gasteiger partial charge >= 0.3 is 6.18 Å². The first kappa shape index (κ1) is 14.5. The van der Waals surface area contributed by atoms with Gasteiger partial charge in [-0.25, -0.2) is 0 Å². The van der Waals surface area contributed by atoms with Gasteiger partial charge in [0.1, 0.15) is 17.9 Å². The average Bonchev–Trinajstić information content (AvgIpc) is 2.92. The highest BCUT2D eigenvalue weighted by Gasteiger charge is 2.31. The molecule has 0 radical (unpaired) electrons. The van der Waals surface area contributed by atoms with Gasteiger partial charge in [0.2, 0.25) is 5.76 Å².